The van der Waals surface area contributed by atoms with Crippen LogP contribution in [0.25, 0.3) is 11.1 Å². The van der Waals surface area contributed by atoms with Crippen LogP contribution in [0.1, 0.15) is 30.4 Å². The molecule has 134 valence electrons. The summed E-state index contributed by atoms with van der Waals surface area (Å²) in [6.07, 6.45) is 9.94. The monoisotopic (exact) mass is 368 g/mol. The van der Waals surface area contributed by atoms with E-state index in [1.807, 2.05) is 30.5 Å². The fourth-order valence-corrected chi connectivity index (χ4v) is 4.12. The van der Waals surface area contributed by atoms with Gasteiger partial charge in [0, 0.05) is 23.2 Å². The van der Waals surface area contributed by atoms with Gasteiger partial charge in [0.2, 0.25) is 15.9 Å². The summed E-state index contributed by atoms with van der Waals surface area (Å²) in [7, 11) is -2.09. The van der Waals surface area contributed by atoms with Crippen molar-refractivity contribution in [3.05, 3.63) is 65.9 Å². The summed E-state index contributed by atoms with van der Waals surface area (Å²) in [6.45, 7) is 0. The molecule has 2 aliphatic carbocycles. The first-order valence-electron chi connectivity index (χ1n) is 8.50. The van der Waals surface area contributed by atoms with Crippen LogP contribution < -0.4 is 9.88 Å². The van der Waals surface area contributed by atoms with Crippen molar-refractivity contribution in [1.82, 2.24) is 4.98 Å². The number of primary sulfonamides is 1. The van der Waals surface area contributed by atoms with E-state index in [2.05, 4.69) is 17.1 Å². The molecule has 2 aliphatic rings. The van der Waals surface area contributed by atoms with E-state index < -0.39 is 10.0 Å². The van der Waals surface area contributed by atoms with Crippen LogP contribution in [0.15, 0.2) is 59.6 Å². The van der Waals surface area contributed by atoms with E-state index in [4.69, 9.17) is 9.88 Å². The molecule has 0 saturated heterocycles. The van der Waals surface area contributed by atoms with E-state index in [0.717, 1.165) is 35.1 Å². The molecule has 1 heterocycles. The molecule has 5 nitrogen and oxygen atoms in total. The Labute approximate surface area is 153 Å². The first-order chi connectivity index (χ1) is 12.4. The van der Waals surface area contributed by atoms with Gasteiger partial charge in [-0.05, 0) is 47.8 Å². The summed E-state index contributed by atoms with van der Waals surface area (Å²) in [5, 5.41) is 5.21. The van der Waals surface area contributed by atoms with Crippen LogP contribution in [0.3, 0.4) is 0 Å². The molecule has 0 radical (unpaired) electrons. The van der Waals surface area contributed by atoms with Crippen LogP contribution in [0, 0.1) is 5.41 Å². The SMILES string of the molecule is COc1ccc(C2=CC3(C=C2c2ccc(S(N)(=O)=O)cc2)CCC3)cn1. The third-order valence-corrected chi connectivity index (χ3v) is 6.12. The predicted molar refractivity (Wildman–Crippen MR) is 101 cm³/mol. The molecule has 1 aromatic heterocycles. The zero-order chi connectivity index (χ0) is 18.4. The first kappa shape index (κ1) is 17.0. The van der Waals surface area contributed by atoms with Crippen LogP contribution in [-0.2, 0) is 10.0 Å². The number of pyridine rings is 1. The number of allylic oxidation sites excluding steroid dienone is 4. The van der Waals surface area contributed by atoms with E-state index in [9.17, 15) is 8.42 Å². The quantitative estimate of drug-likeness (QED) is 0.897. The van der Waals surface area contributed by atoms with Crippen molar-refractivity contribution in [2.45, 2.75) is 24.2 Å². The smallest absolute Gasteiger partial charge is 0.238 e. The van der Waals surface area contributed by atoms with Gasteiger partial charge in [0.05, 0.1) is 12.0 Å². The van der Waals surface area contributed by atoms with Crippen molar-refractivity contribution in [3.63, 3.8) is 0 Å². The Morgan fingerprint density at radius 3 is 2.08 bits per heavy atom. The van der Waals surface area contributed by atoms with Gasteiger partial charge < -0.3 is 4.74 Å². The Balaban J connectivity index is 1.75. The summed E-state index contributed by atoms with van der Waals surface area (Å²) in [5.41, 5.74) is 4.35. The average molecular weight is 368 g/mol. The molecular weight excluding hydrogens is 348 g/mol. The van der Waals surface area contributed by atoms with Crippen molar-refractivity contribution in [2.24, 2.45) is 10.6 Å². The molecule has 26 heavy (non-hydrogen) atoms. The van der Waals surface area contributed by atoms with Crippen LogP contribution >= 0.6 is 0 Å². The molecule has 0 amide bonds. The van der Waals surface area contributed by atoms with Crippen molar-refractivity contribution in [1.29, 1.82) is 0 Å². The minimum Gasteiger partial charge on any atom is -0.481 e. The molecule has 6 heteroatoms. The van der Waals surface area contributed by atoms with Crippen LogP contribution in [-0.4, -0.2) is 20.5 Å². The van der Waals surface area contributed by atoms with E-state index in [1.54, 1.807) is 19.2 Å². The van der Waals surface area contributed by atoms with Gasteiger partial charge in [-0.2, -0.15) is 0 Å². The number of aromatic nitrogens is 1. The predicted octanol–water partition coefficient (Wildman–Crippen LogP) is 3.39. The van der Waals surface area contributed by atoms with Crippen LogP contribution in [0.5, 0.6) is 5.88 Å². The number of hydrogen-bond donors (Lipinski definition) is 1. The highest BCUT2D eigenvalue weighted by Gasteiger charge is 2.38. The van der Waals surface area contributed by atoms with Gasteiger partial charge in [0.1, 0.15) is 0 Å². The van der Waals surface area contributed by atoms with Crippen LogP contribution in [0.4, 0.5) is 0 Å². The Hall–Kier alpha value is -2.44. The van der Waals surface area contributed by atoms with Crippen molar-refractivity contribution < 1.29 is 13.2 Å². The molecule has 2 N–H and O–H groups in total. The van der Waals surface area contributed by atoms with Gasteiger partial charge in [-0.15, -0.1) is 0 Å². The number of methoxy groups -OCH3 is 1. The lowest BCUT2D eigenvalue weighted by molar-refractivity contribution is 0.282. The van der Waals surface area contributed by atoms with E-state index in [1.165, 1.54) is 6.42 Å². The van der Waals surface area contributed by atoms with Gasteiger partial charge in [0.25, 0.3) is 0 Å². The molecule has 0 bridgehead atoms. The first-order valence-corrected chi connectivity index (χ1v) is 10.0. The lowest BCUT2D eigenvalue weighted by atomic mass is 9.70. The van der Waals surface area contributed by atoms with Gasteiger partial charge in [-0.1, -0.05) is 30.7 Å². The van der Waals surface area contributed by atoms with E-state index >= 15 is 0 Å². The second-order valence-corrected chi connectivity index (χ2v) is 8.42. The minimum atomic E-state index is -3.69. The van der Waals surface area contributed by atoms with Gasteiger partial charge >= 0.3 is 0 Å². The summed E-state index contributed by atoms with van der Waals surface area (Å²) >= 11 is 0. The van der Waals surface area contributed by atoms with E-state index in [-0.39, 0.29) is 10.3 Å². The normalized spacial score (nSPS) is 18.2. The standard InChI is InChI=1S/C20H20N2O3S/c1-25-19-8-5-15(13-22-19)18-12-20(9-2-10-20)11-17(18)14-3-6-16(7-4-14)26(21,23)24/h3-8,11-13H,2,9-10H2,1H3,(H2,21,23,24). The van der Waals surface area contributed by atoms with Gasteiger partial charge in [0.15, 0.2) is 0 Å². The summed E-state index contributed by atoms with van der Waals surface area (Å²) in [5.74, 6) is 0.578. The topological polar surface area (TPSA) is 82.3 Å². The molecule has 1 aromatic carbocycles. The molecule has 0 atom stereocenters. The largest absolute Gasteiger partial charge is 0.481 e. The van der Waals surface area contributed by atoms with Gasteiger partial charge in [-0.3, -0.25) is 0 Å². The zero-order valence-electron chi connectivity index (χ0n) is 14.5. The second-order valence-electron chi connectivity index (χ2n) is 6.86. The molecule has 0 unspecified atom stereocenters. The van der Waals surface area contributed by atoms with Crippen LogP contribution in [0.2, 0.25) is 0 Å². The highest BCUT2D eigenvalue weighted by Crippen LogP contribution is 2.53. The maximum absolute atomic E-state index is 11.5. The number of hydrogen-bond acceptors (Lipinski definition) is 4. The highest BCUT2D eigenvalue weighted by atomic mass is 32.2. The fraction of sp³-hybridized carbons (Fsp3) is 0.250. The summed E-state index contributed by atoms with van der Waals surface area (Å²) < 4.78 is 28.2. The van der Waals surface area contributed by atoms with Crippen molar-refractivity contribution in [3.8, 4) is 5.88 Å². The molecule has 4 rings (SSSR count). The number of benzene rings is 1. The summed E-state index contributed by atoms with van der Waals surface area (Å²) in [4.78, 5) is 4.44. The molecule has 2 aromatic rings. The third-order valence-electron chi connectivity index (χ3n) is 5.19. The molecule has 1 saturated carbocycles. The second kappa shape index (κ2) is 6.07. The maximum Gasteiger partial charge on any atom is 0.238 e. The average Bonchev–Trinajstić information content (AvgIpc) is 3.03. The maximum atomic E-state index is 11.5. The van der Waals surface area contributed by atoms with E-state index in [0.29, 0.717) is 5.88 Å². The van der Waals surface area contributed by atoms with Crippen molar-refractivity contribution in [2.75, 3.05) is 7.11 Å². The number of nitrogens with two attached hydrogens (primary N) is 1. The fourth-order valence-electron chi connectivity index (χ4n) is 3.61. The Morgan fingerprint density at radius 2 is 1.62 bits per heavy atom. The Bertz CT molecular complexity index is 1000. The molecule has 1 spiro atoms. The number of nitrogens with zero attached hydrogens (tertiary/aromatic N) is 1. The highest BCUT2D eigenvalue weighted by molar-refractivity contribution is 7.89. The third kappa shape index (κ3) is 2.95. The molecular formula is C20H20N2O3S. The lowest BCUT2D eigenvalue weighted by Gasteiger charge is -2.34. The Kier molecular flexibility index (Phi) is 3.97. The number of rotatable bonds is 4. The van der Waals surface area contributed by atoms with Gasteiger partial charge in [-0.25, -0.2) is 18.5 Å². The Morgan fingerprint density at radius 1 is 1.00 bits per heavy atom. The molecule has 0 aliphatic heterocycles. The summed E-state index contributed by atoms with van der Waals surface area (Å²) in [6, 6.07) is 10.6. The minimum absolute atomic E-state index is 0.114. The van der Waals surface area contributed by atoms with Crippen molar-refractivity contribution >= 4 is 21.2 Å². The lowest BCUT2D eigenvalue weighted by Crippen LogP contribution is -2.22. The number of ether oxygens (including phenoxy) is 1. The number of sulfonamides is 1. The molecule has 1 fully saturated rings. The zero-order valence-corrected chi connectivity index (χ0v) is 15.3.